The zero-order valence-electron chi connectivity index (χ0n) is 10.4. The monoisotopic (exact) mass is 232 g/mol. The fraction of sp³-hybridized carbons (Fsp3) is 0.533. The van der Waals surface area contributed by atoms with Crippen LogP contribution in [0.15, 0.2) is 24.3 Å². The molecular formula is C15H20O2. The topological polar surface area (TPSA) is 26.3 Å². The number of hydrogen-bond acceptors (Lipinski definition) is 2. The Morgan fingerprint density at radius 1 is 1.18 bits per heavy atom. The fourth-order valence-corrected chi connectivity index (χ4v) is 2.32. The van der Waals surface area contributed by atoms with Gasteiger partial charge in [-0.2, -0.15) is 0 Å². The van der Waals surface area contributed by atoms with Gasteiger partial charge in [-0.3, -0.25) is 0 Å². The third-order valence-electron chi connectivity index (χ3n) is 3.46. The van der Waals surface area contributed by atoms with Gasteiger partial charge in [0, 0.05) is 0 Å². The van der Waals surface area contributed by atoms with Gasteiger partial charge >= 0.3 is 5.97 Å². The van der Waals surface area contributed by atoms with E-state index in [0.29, 0.717) is 18.1 Å². The van der Waals surface area contributed by atoms with Crippen molar-refractivity contribution in [3.8, 4) is 0 Å². The molecule has 2 rings (SSSR count). The predicted molar refractivity (Wildman–Crippen MR) is 68.0 cm³/mol. The first-order valence-electron chi connectivity index (χ1n) is 6.49. The molecule has 1 aromatic rings. The van der Waals surface area contributed by atoms with Crippen LogP contribution in [0, 0.1) is 12.8 Å². The number of rotatable bonds is 3. The number of ether oxygens (including phenoxy) is 1. The smallest absolute Gasteiger partial charge is 0.338 e. The van der Waals surface area contributed by atoms with E-state index in [1.807, 2.05) is 31.2 Å². The molecule has 1 fully saturated rings. The molecule has 0 unspecified atom stereocenters. The third kappa shape index (κ3) is 3.58. The maximum Gasteiger partial charge on any atom is 0.338 e. The molecule has 0 amide bonds. The second-order valence-corrected chi connectivity index (χ2v) is 4.97. The van der Waals surface area contributed by atoms with Crippen LogP contribution in [0.5, 0.6) is 0 Å². The summed E-state index contributed by atoms with van der Waals surface area (Å²) in [4.78, 5) is 11.8. The van der Waals surface area contributed by atoms with Crippen molar-refractivity contribution < 1.29 is 9.53 Å². The molecule has 0 radical (unpaired) electrons. The molecule has 0 spiro atoms. The number of hydrogen-bond donors (Lipinski definition) is 0. The van der Waals surface area contributed by atoms with Gasteiger partial charge in [0.05, 0.1) is 12.2 Å². The Morgan fingerprint density at radius 2 is 1.82 bits per heavy atom. The van der Waals surface area contributed by atoms with E-state index in [0.717, 1.165) is 5.56 Å². The van der Waals surface area contributed by atoms with Crippen LogP contribution in [0.3, 0.4) is 0 Å². The maximum absolute atomic E-state index is 11.8. The highest BCUT2D eigenvalue weighted by Crippen LogP contribution is 2.23. The minimum Gasteiger partial charge on any atom is -0.462 e. The van der Waals surface area contributed by atoms with Crippen molar-refractivity contribution >= 4 is 5.97 Å². The van der Waals surface area contributed by atoms with Gasteiger partial charge < -0.3 is 4.74 Å². The Hall–Kier alpha value is -1.31. The molecule has 1 aromatic carbocycles. The SMILES string of the molecule is Cc1ccc(C(=O)OCC2CCCCC2)cc1. The zero-order chi connectivity index (χ0) is 12.1. The van der Waals surface area contributed by atoms with Crippen LogP contribution in [0.1, 0.15) is 48.0 Å². The first-order valence-corrected chi connectivity index (χ1v) is 6.49. The fourth-order valence-electron chi connectivity index (χ4n) is 2.32. The molecule has 0 saturated heterocycles. The molecule has 92 valence electrons. The van der Waals surface area contributed by atoms with E-state index in [1.165, 1.54) is 32.1 Å². The summed E-state index contributed by atoms with van der Waals surface area (Å²) in [7, 11) is 0. The number of benzene rings is 1. The summed E-state index contributed by atoms with van der Waals surface area (Å²) in [5.41, 5.74) is 1.82. The van der Waals surface area contributed by atoms with Crippen molar-refractivity contribution in [2.75, 3.05) is 6.61 Å². The van der Waals surface area contributed by atoms with Crippen LogP contribution >= 0.6 is 0 Å². The molecular weight excluding hydrogens is 212 g/mol. The van der Waals surface area contributed by atoms with Gasteiger partial charge in [0.1, 0.15) is 0 Å². The molecule has 0 heterocycles. The zero-order valence-corrected chi connectivity index (χ0v) is 10.4. The molecule has 17 heavy (non-hydrogen) atoms. The van der Waals surface area contributed by atoms with Crippen molar-refractivity contribution in [3.63, 3.8) is 0 Å². The van der Waals surface area contributed by atoms with Gasteiger partial charge in [0.2, 0.25) is 0 Å². The van der Waals surface area contributed by atoms with Gasteiger partial charge in [-0.05, 0) is 37.8 Å². The Balaban J connectivity index is 1.82. The highest BCUT2D eigenvalue weighted by Gasteiger charge is 2.16. The second-order valence-electron chi connectivity index (χ2n) is 4.97. The van der Waals surface area contributed by atoms with E-state index in [4.69, 9.17) is 4.74 Å². The summed E-state index contributed by atoms with van der Waals surface area (Å²) in [6.07, 6.45) is 6.32. The van der Waals surface area contributed by atoms with Crippen molar-refractivity contribution in [3.05, 3.63) is 35.4 Å². The molecule has 2 nitrogen and oxygen atoms in total. The lowest BCUT2D eigenvalue weighted by atomic mass is 9.90. The average Bonchev–Trinajstić information content (AvgIpc) is 2.38. The molecule has 1 aliphatic carbocycles. The average molecular weight is 232 g/mol. The molecule has 0 atom stereocenters. The summed E-state index contributed by atoms with van der Waals surface area (Å²) in [6.45, 7) is 2.60. The first kappa shape index (κ1) is 12.2. The normalized spacial score (nSPS) is 16.8. The number of esters is 1. The van der Waals surface area contributed by atoms with Crippen molar-refractivity contribution in [1.82, 2.24) is 0 Å². The molecule has 1 saturated carbocycles. The summed E-state index contributed by atoms with van der Waals surface area (Å²) >= 11 is 0. The largest absolute Gasteiger partial charge is 0.462 e. The lowest BCUT2D eigenvalue weighted by Gasteiger charge is -2.21. The quantitative estimate of drug-likeness (QED) is 0.742. The Kier molecular flexibility index (Phi) is 4.18. The van der Waals surface area contributed by atoms with Gasteiger partial charge in [-0.25, -0.2) is 4.79 Å². The molecule has 0 bridgehead atoms. The maximum atomic E-state index is 11.8. The standard InChI is InChI=1S/C15H20O2/c1-12-7-9-14(10-8-12)15(16)17-11-13-5-3-2-4-6-13/h7-10,13H,2-6,11H2,1H3. The van der Waals surface area contributed by atoms with Crippen molar-refractivity contribution in [2.45, 2.75) is 39.0 Å². The summed E-state index contributed by atoms with van der Waals surface area (Å²) in [5, 5.41) is 0. The molecule has 0 aliphatic heterocycles. The van der Waals surface area contributed by atoms with Gasteiger partial charge in [-0.1, -0.05) is 37.0 Å². The highest BCUT2D eigenvalue weighted by atomic mass is 16.5. The van der Waals surface area contributed by atoms with E-state index in [-0.39, 0.29) is 5.97 Å². The van der Waals surface area contributed by atoms with Crippen LogP contribution < -0.4 is 0 Å². The Morgan fingerprint density at radius 3 is 2.47 bits per heavy atom. The minimum atomic E-state index is -0.185. The van der Waals surface area contributed by atoms with E-state index in [1.54, 1.807) is 0 Å². The van der Waals surface area contributed by atoms with Crippen LogP contribution in [-0.4, -0.2) is 12.6 Å². The summed E-state index contributed by atoms with van der Waals surface area (Å²) < 4.78 is 5.37. The number of carbonyl (C=O) groups is 1. The summed E-state index contributed by atoms with van der Waals surface area (Å²) in [5.74, 6) is 0.397. The lowest BCUT2D eigenvalue weighted by molar-refractivity contribution is 0.0410. The number of carbonyl (C=O) groups excluding carboxylic acids is 1. The molecule has 1 aliphatic rings. The minimum absolute atomic E-state index is 0.185. The predicted octanol–water partition coefficient (Wildman–Crippen LogP) is 3.73. The van der Waals surface area contributed by atoms with E-state index < -0.39 is 0 Å². The van der Waals surface area contributed by atoms with E-state index >= 15 is 0 Å². The van der Waals surface area contributed by atoms with Crippen LogP contribution in [0.4, 0.5) is 0 Å². The first-order chi connectivity index (χ1) is 8.25. The van der Waals surface area contributed by atoms with Crippen molar-refractivity contribution in [1.29, 1.82) is 0 Å². The van der Waals surface area contributed by atoms with Crippen LogP contribution in [0.25, 0.3) is 0 Å². The summed E-state index contributed by atoms with van der Waals surface area (Å²) in [6, 6.07) is 7.55. The third-order valence-corrected chi connectivity index (χ3v) is 3.46. The van der Waals surface area contributed by atoms with E-state index in [2.05, 4.69) is 0 Å². The lowest BCUT2D eigenvalue weighted by Crippen LogP contribution is -2.16. The van der Waals surface area contributed by atoms with Crippen molar-refractivity contribution in [2.24, 2.45) is 5.92 Å². The molecule has 0 N–H and O–H groups in total. The van der Waals surface area contributed by atoms with Gasteiger partial charge in [-0.15, -0.1) is 0 Å². The van der Waals surface area contributed by atoms with E-state index in [9.17, 15) is 4.79 Å². The Labute approximate surface area is 103 Å². The molecule has 0 aromatic heterocycles. The Bertz CT molecular complexity index is 361. The van der Waals surface area contributed by atoms with Gasteiger partial charge in [0.25, 0.3) is 0 Å². The van der Waals surface area contributed by atoms with Gasteiger partial charge in [0.15, 0.2) is 0 Å². The number of aryl methyl sites for hydroxylation is 1. The van der Waals surface area contributed by atoms with Crippen LogP contribution in [0.2, 0.25) is 0 Å². The highest BCUT2D eigenvalue weighted by molar-refractivity contribution is 5.89. The second kappa shape index (κ2) is 5.85. The molecule has 2 heteroatoms. The van der Waals surface area contributed by atoms with Crippen LogP contribution in [-0.2, 0) is 4.74 Å².